The number of amides is 5. The minimum Gasteiger partial charge on any atom is -0.445 e. The number of piperidine rings is 1. The average Bonchev–Trinajstić information content (AvgIpc) is 3.71. The molecular weight excluding hydrogens is 737 g/mol. The average molecular weight is 797 g/mol. The molecule has 0 bridgehead atoms. The van der Waals surface area contributed by atoms with Gasteiger partial charge in [-0.15, -0.1) is 0 Å². The maximum Gasteiger partial charge on any atom is 0.407 e. The molecule has 2 unspecified atom stereocenters. The molecule has 2 aliphatic heterocycles. The number of hydrogen-bond acceptors (Lipinski definition) is 8. The van der Waals surface area contributed by atoms with Crippen LogP contribution in [0.15, 0.2) is 72.8 Å². The van der Waals surface area contributed by atoms with E-state index in [0.29, 0.717) is 37.8 Å². The fraction of sp³-hybridized carbons (Fsp3) is 0.533. The number of nitrogens with two attached hydrogens (primary N) is 1. The van der Waals surface area contributed by atoms with Crippen molar-refractivity contribution in [3.8, 4) is 0 Å². The number of rotatable bonds is 17. The standard InChI is InChI=1S/C45H60N6O7/c46-41(53)40(52)37(20-10-11-23-47-45(57)58-30-32-16-6-2-7-17-32)48-43(55)39-28-36(50-24-12-3-13-25-50)29-51(39)44(56)38(26-31-14-4-1-5-15-31)49-42(54)35-22-21-33-18-8-9-19-34(33)27-35/h2,6-9,16-19,21-22,27,31,36-40,52H,1,3-5,10-15,20,23-26,28-30H2,(H2,46,53)(H,47,57)(H,48,55)(H,49,54)/t36-,37?,38-,39+,40?/m1/s1. The number of nitrogens with zero attached hydrogens (tertiary/aromatic N) is 2. The summed E-state index contributed by atoms with van der Waals surface area (Å²) < 4.78 is 5.27. The number of hydrogen-bond donors (Lipinski definition) is 5. The zero-order valence-electron chi connectivity index (χ0n) is 33.5. The van der Waals surface area contributed by atoms with E-state index in [1.165, 1.54) is 0 Å². The van der Waals surface area contributed by atoms with Gasteiger partial charge in [0.1, 0.15) is 18.7 Å². The summed E-state index contributed by atoms with van der Waals surface area (Å²) >= 11 is 0. The minimum atomic E-state index is -1.66. The lowest BCUT2D eigenvalue weighted by atomic mass is 9.84. The van der Waals surface area contributed by atoms with Crippen molar-refractivity contribution in [3.05, 3.63) is 83.9 Å². The first-order chi connectivity index (χ1) is 28.2. The lowest BCUT2D eigenvalue weighted by Gasteiger charge is -2.33. The largest absolute Gasteiger partial charge is 0.445 e. The number of benzene rings is 3. The first kappa shape index (κ1) is 42.6. The van der Waals surface area contributed by atoms with Gasteiger partial charge in [-0.2, -0.15) is 0 Å². The Labute approximate surface area is 341 Å². The molecule has 0 spiro atoms. The molecule has 6 rings (SSSR count). The number of ether oxygens (including phenoxy) is 1. The van der Waals surface area contributed by atoms with Crippen LogP contribution in [0.2, 0.25) is 0 Å². The molecule has 0 aromatic heterocycles. The van der Waals surface area contributed by atoms with E-state index in [4.69, 9.17) is 10.5 Å². The number of aliphatic hydroxyl groups is 1. The zero-order chi connectivity index (χ0) is 40.9. The lowest BCUT2D eigenvalue weighted by molar-refractivity contribution is -0.141. The summed E-state index contributed by atoms with van der Waals surface area (Å²) in [7, 11) is 0. The Morgan fingerprint density at radius 3 is 2.28 bits per heavy atom. The van der Waals surface area contributed by atoms with Crippen molar-refractivity contribution in [3.63, 3.8) is 0 Å². The van der Waals surface area contributed by atoms with Gasteiger partial charge in [-0.05, 0) is 92.4 Å². The number of aliphatic hydroxyl groups excluding tert-OH is 1. The highest BCUT2D eigenvalue weighted by molar-refractivity contribution is 6.01. The van der Waals surface area contributed by atoms with Crippen LogP contribution in [0.5, 0.6) is 0 Å². The van der Waals surface area contributed by atoms with Gasteiger partial charge in [-0.25, -0.2) is 4.79 Å². The highest BCUT2D eigenvalue weighted by atomic mass is 16.5. The molecule has 2 saturated heterocycles. The van der Waals surface area contributed by atoms with Crippen molar-refractivity contribution in [2.45, 2.75) is 120 Å². The van der Waals surface area contributed by atoms with Crippen LogP contribution in [-0.4, -0.2) is 101 Å². The fourth-order valence-corrected chi connectivity index (χ4v) is 8.84. The highest BCUT2D eigenvalue weighted by Gasteiger charge is 2.45. The highest BCUT2D eigenvalue weighted by Crippen LogP contribution is 2.31. The molecule has 3 aromatic rings. The fourth-order valence-electron chi connectivity index (χ4n) is 8.84. The van der Waals surface area contributed by atoms with E-state index < -0.39 is 42.1 Å². The SMILES string of the molecule is NC(=O)C(O)C(CCCCNC(=O)OCc1ccccc1)NC(=O)[C@@H]1C[C@@H](N2CCCCC2)CN1C(=O)[C@@H](CC1CCCCC1)NC(=O)c1ccc2ccccc2c1. The zero-order valence-corrected chi connectivity index (χ0v) is 33.5. The smallest absolute Gasteiger partial charge is 0.407 e. The van der Waals surface area contributed by atoms with Crippen LogP contribution < -0.4 is 21.7 Å². The number of alkyl carbamates (subject to hydrolysis) is 1. The van der Waals surface area contributed by atoms with Crippen LogP contribution >= 0.6 is 0 Å². The molecule has 5 amide bonds. The number of fused-ring (bicyclic) bond motifs is 1. The number of carbonyl (C=O) groups is 5. The van der Waals surface area contributed by atoms with Gasteiger partial charge in [0.25, 0.3) is 5.91 Å². The van der Waals surface area contributed by atoms with Gasteiger partial charge >= 0.3 is 6.09 Å². The first-order valence-electron chi connectivity index (χ1n) is 21.2. The van der Waals surface area contributed by atoms with E-state index in [-0.39, 0.29) is 43.3 Å². The molecule has 3 aliphatic rings. The summed E-state index contributed by atoms with van der Waals surface area (Å²) in [6.45, 7) is 2.52. The molecule has 13 heteroatoms. The maximum atomic E-state index is 14.8. The second kappa shape index (κ2) is 21.1. The van der Waals surface area contributed by atoms with E-state index in [2.05, 4.69) is 20.9 Å². The first-order valence-corrected chi connectivity index (χ1v) is 21.2. The van der Waals surface area contributed by atoms with Crippen LogP contribution in [0.4, 0.5) is 4.79 Å². The Bertz CT molecular complexity index is 1850. The molecular formula is C45H60N6O7. The van der Waals surface area contributed by atoms with Gasteiger partial charge in [0, 0.05) is 24.7 Å². The lowest BCUT2D eigenvalue weighted by Crippen LogP contribution is -2.57. The Balaban J connectivity index is 1.14. The molecule has 3 fully saturated rings. The third-order valence-electron chi connectivity index (χ3n) is 12.1. The normalized spacial score (nSPS) is 20.5. The van der Waals surface area contributed by atoms with E-state index in [1.54, 1.807) is 11.0 Å². The molecule has 1 aliphatic carbocycles. The summed E-state index contributed by atoms with van der Waals surface area (Å²) in [5.41, 5.74) is 6.87. The Hall–Kier alpha value is -5.01. The van der Waals surface area contributed by atoms with Crippen LogP contribution in [-0.2, 0) is 25.7 Å². The van der Waals surface area contributed by atoms with E-state index in [0.717, 1.165) is 80.8 Å². The van der Waals surface area contributed by atoms with Crippen LogP contribution in [0, 0.1) is 5.92 Å². The topological polar surface area (TPSA) is 183 Å². The van der Waals surface area contributed by atoms with E-state index >= 15 is 0 Å². The molecule has 6 N–H and O–H groups in total. The molecule has 2 heterocycles. The quantitative estimate of drug-likeness (QED) is 0.121. The Morgan fingerprint density at radius 1 is 0.828 bits per heavy atom. The molecule has 1 saturated carbocycles. The van der Waals surface area contributed by atoms with Crippen molar-refractivity contribution in [1.29, 1.82) is 0 Å². The van der Waals surface area contributed by atoms with Crippen LogP contribution in [0.3, 0.4) is 0 Å². The predicted octanol–water partition coefficient (Wildman–Crippen LogP) is 4.79. The van der Waals surface area contributed by atoms with Gasteiger partial charge in [-0.1, -0.05) is 99.2 Å². The second-order valence-corrected chi connectivity index (χ2v) is 16.3. The molecule has 58 heavy (non-hydrogen) atoms. The monoisotopic (exact) mass is 796 g/mol. The van der Waals surface area contributed by atoms with E-state index in [9.17, 15) is 29.1 Å². The van der Waals surface area contributed by atoms with Crippen molar-refractivity contribution >= 4 is 40.5 Å². The molecule has 0 radical (unpaired) electrons. The molecule has 5 atom stereocenters. The summed E-state index contributed by atoms with van der Waals surface area (Å²) in [4.78, 5) is 71.5. The number of carbonyl (C=O) groups excluding carboxylic acids is 5. The van der Waals surface area contributed by atoms with Crippen molar-refractivity contribution in [2.24, 2.45) is 11.7 Å². The van der Waals surface area contributed by atoms with E-state index in [1.807, 2.05) is 66.7 Å². The summed E-state index contributed by atoms with van der Waals surface area (Å²) in [6, 6.07) is 19.9. The van der Waals surface area contributed by atoms with Crippen molar-refractivity contribution < 1.29 is 33.8 Å². The number of nitrogens with one attached hydrogen (secondary N) is 3. The second-order valence-electron chi connectivity index (χ2n) is 16.3. The van der Waals surface area contributed by atoms with Crippen molar-refractivity contribution in [1.82, 2.24) is 25.8 Å². The molecule has 13 nitrogen and oxygen atoms in total. The Kier molecular flexibility index (Phi) is 15.5. The van der Waals surface area contributed by atoms with Gasteiger partial charge in [-0.3, -0.25) is 24.1 Å². The molecule has 312 valence electrons. The van der Waals surface area contributed by atoms with Crippen LogP contribution in [0.25, 0.3) is 10.8 Å². The van der Waals surface area contributed by atoms with Gasteiger partial charge in [0.2, 0.25) is 17.7 Å². The van der Waals surface area contributed by atoms with Gasteiger partial charge in [0.05, 0.1) is 6.04 Å². The summed E-state index contributed by atoms with van der Waals surface area (Å²) in [6.07, 6.45) is 8.28. The maximum absolute atomic E-state index is 14.8. The third kappa shape index (κ3) is 11.8. The predicted molar refractivity (Wildman–Crippen MR) is 221 cm³/mol. The number of unbranched alkanes of at least 4 members (excludes halogenated alkanes) is 1. The third-order valence-corrected chi connectivity index (χ3v) is 12.1. The van der Waals surface area contributed by atoms with Crippen molar-refractivity contribution in [2.75, 3.05) is 26.2 Å². The number of primary amides is 1. The Morgan fingerprint density at radius 2 is 1.53 bits per heavy atom. The summed E-state index contributed by atoms with van der Waals surface area (Å²) in [5.74, 6) is -1.81. The van der Waals surface area contributed by atoms with Gasteiger partial charge in [0.15, 0.2) is 6.10 Å². The minimum absolute atomic E-state index is 0.0567. The molecule has 3 aromatic carbocycles. The number of likely N-dealkylation sites (tertiary alicyclic amines) is 2. The van der Waals surface area contributed by atoms with Crippen LogP contribution in [0.1, 0.15) is 99.4 Å². The summed E-state index contributed by atoms with van der Waals surface area (Å²) in [5, 5.41) is 21.5. The van der Waals surface area contributed by atoms with Gasteiger partial charge < -0.3 is 36.4 Å².